The largest absolute Gasteiger partial charge is 0.437 e. The lowest BCUT2D eigenvalue weighted by Crippen LogP contribution is -2.08. The Hall–Kier alpha value is -3.27. The van der Waals surface area contributed by atoms with Crippen molar-refractivity contribution in [2.45, 2.75) is 13.1 Å². The maximum absolute atomic E-state index is 13.6. The highest BCUT2D eigenvalue weighted by Gasteiger charge is 2.35. The fourth-order valence-electron chi connectivity index (χ4n) is 2.71. The number of aryl methyl sites for hydroxylation is 1. The molecule has 0 N–H and O–H groups in total. The molecule has 28 heavy (non-hydrogen) atoms. The average molecular weight is 407 g/mol. The highest BCUT2D eigenvalue weighted by atomic mass is 35.5. The topological polar surface area (TPSA) is 78.1 Å². The summed E-state index contributed by atoms with van der Waals surface area (Å²) in [6.07, 6.45) is -0.811. The summed E-state index contributed by atoms with van der Waals surface area (Å²) in [4.78, 5) is 7.61. The molecule has 0 saturated heterocycles. The number of hydrogen-bond acceptors (Lipinski definition) is 6. The van der Waals surface area contributed by atoms with E-state index in [1.807, 2.05) is 0 Å². The van der Waals surface area contributed by atoms with E-state index in [0.717, 1.165) is 6.07 Å². The van der Waals surface area contributed by atoms with Crippen molar-refractivity contribution in [3.05, 3.63) is 59.4 Å². The first kappa shape index (κ1) is 18.1. The van der Waals surface area contributed by atoms with Crippen LogP contribution in [0.4, 0.5) is 13.2 Å². The quantitative estimate of drug-likeness (QED) is 0.503. The molecule has 0 aliphatic carbocycles. The van der Waals surface area contributed by atoms with E-state index in [1.165, 1.54) is 41.4 Å². The van der Waals surface area contributed by atoms with Gasteiger partial charge in [0.15, 0.2) is 5.65 Å². The predicted octanol–water partition coefficient (Wildman–Crippen LogP) is 4.35. The Bertz CT molecular complexity index is 1160. The number of halogens is 4. The van der Waals surface area contributed by atoms with Gasteiger partial charge in [-0.2, -0.15) is 17.7 Å². The second-order valence-corrected chi connectivity index (χ2v) is 6.11. The molecule has 0 radical (unpaired) electrons. The average Bonchev–Trinajstić information content (AvgIpc) is 3.03. The van der Waals surface area contributed by atoms with Gasteiger partial charge >= 0.3 is 6.18 Å². The molecule has 0 aliphatic rings. The van der Waals surface area contributed by atoms with Crippen molar-refractivity contribution in [1.29, 1.82) is 0 Å². The van der Waals surface area contributed by atoms with E-state index < -0.39 is 11.7 Å². The van der Waals surface area contributed by atoms with Crippen LogP contribution in [0.25, 0.3) is 16.8 Å². The van der Waals surface area contributed by atoms with E-state index in [-0.39, 0.29) is 28.0 Å². The first-order valence-corrected chi connectivity index (χ1v) is 8.24. The van der Waals surface area contributed by atoms with Gasteiger partial charge in [0, 0.05) is 35.2 Å². The number of ether oxygens (including phenoxy) is 1. The molecule has 1 aromatic carbocycles. The molecule has 3 heterocycles. The summed E-state index contributed by atoms with van der Waals surface area (Å²) < 4.78 is 47.7. The molecular formula is C17H10ClF3N6O. The Morgan fingerprint density at radius 1 is 1.11 bits per heavy atom. The SMILES string of the molecule is Cc1cc(Oc2cccc(C(F)(F)F)c2-c2cncnc2)nn2c(Cl)nnc12. The Morgan fingerprint density at radius 2 is 1.86 bits per heavy atom. The second kappa shape index (κ2) is 6.71. The summed E-state index contributed by atoms with van der Waals surface area (Å²) in [5, 5.41) is 11.7. The number of fused-ring (bicyclic) bond motifs is 1. The van der Waals surface area contributed by atoms with Crippen molar-refractivity contribution < 1.29 is 17.9 Å². The number of benzene rings is 1. The molecule has 142 valence electrons. The summed E-state index contributed by atoms with van der Waals surface area (Å²) >= 11 is 5.94. The molecule has 0 atom stereocenters. The Kier molecular flexibility index (Phi) is 4.34. The van der Waals surface area contributed by atoms with E-state index in [9.17, 15) is 13.2 Å². The molecule has 4 rings (SSSR count). The van der Waals surface area contributed by atoms with Crippen LogP contribution in [0.15, 0.2) is 43.0 Å². The van der Waals surface area contributed by atoms with Crippen molar-refractivity contribution in [2.24, 2.45) is 0 Å². The summed E-state index contributed by atoms with van der Waals surface area (Å²) in [6, 6.07) is 5.16. The molecule has 3 aromatic heterocycles. The zero-order valence-electron chi connectivity index (χ0n) is 14.1. The molecule has 0 fully saturated rings. The Morgan fingerprint density at radius 3 is 2.57 bits per heavy atom. The van der Waals surface area contributed by atoms with Crippen LogP contribution in [0.3, 0.4) is 0 Å². The van der Waals surface area contributed by atoms with Crippen molar-refractivity contribution in [2.75, 3.05) is 0 Å². The minimum atomic E-state index is -4.60. The molecule has 11 heteroatoms. The van der Waals surface area contributed by atoms with Crippen molar-refractivity contribution in [1.82, 2.24) is 29.8 Å². The van der Waals surface area contributed by atoms with Crippen LogP contribution in [0, 0.1) is 6.92 Å². The van der Waals surface area contributed by atoms with Crippen LogP contribution in [0.2, 0.25) is 5.28 Å². The minimum absolute atomic E-state index is 0.00396. The Balaban J connectivity index is 1.88. The van der Waals surface area contributed by atoms with Gasteiger partial charge in [0.25, 0.3) is 0 Å². The van der Waals surface area contributed by atoms with Crippen molar-refractivity contribution in [3.8, 4) is 22.8 Å². The number of aromatic nitrogens is 6. The van der Waals surface area contributed by atoms with Gasteiger partial charge in [0.05, 0.1) is 5.56 Å². The number of hydrogen-bond donors (Lipinski definition) is 0. The van der Waals surface area contributed by atoms with Gasteiger partial charge in [-0.25, -0.2) is 9.97 Å². The third-order valence-electron chi connectivity index (χ3n) is 3.89. The molecule has 0 bridgehead atoms. The van der Waals surface area contributed by atoms with Gasteiger partial charge in [-0.3, -0.25) is 0 Å². The van der Waals surface area contributed by atoms with Crippen LogP contribution < -0.4 is 4.74 Å². The van der Waals surface area contributed by atoms with Crippen LogP contribution >= 0.6 is 11.6 Å². The summed E-state index contributed by atoms with van der Waals surface area (Å²) in [7, 11) is 0. The lowest BCUT2D eigenvalue weighted by Gasteiger charge is -2.17. The van der Waals surface area contributed by atoms with E-state index in [2.05, 4.69) is 25.3 Å². The van der Waals surface area contributed by atoms with Gasteiger partial charge in [0.1, 0.15) is 12.1 Å². The van der Waals surface area contributed by atoms with E-state index in [0.29, 0.717) is 11.2 Å². The highest BCUT2D eigenvalue weighted by molar-refractivity contribution is 6.28. The zero-order valence-corrected chi connectivity index (χ0v) is 14.9. The minimum Gasteiger partial charge on any atom is -0.437 e. The third kappa shape index (κ3) is 3.22. The summed E-state index contributed by atoms with van der Waals surface area (Å²) in [6.45, 7) is 1.73. The lowest BCUT2D eigenvalue weighted by atomic mass is 10.0. The first-order chi connectivity index (χ1) is 13.3. The molecule has 0 aliphatic heterocycles. The maximum Gasteiger partial charge on any atom is 0.417 e. The normalized spacial score (nSPS) is 11.8. The van der Waals surface area contributed by atoms with Gasteiger partial charge < -0.3 is 4.74 Å². The number of alkyl halides is 3. The first-order valence-electron chi connectivity index (χ1n) is 7.86. The second-order valence-electron chi connectivity index (χ2n) is 5.78. The molecule has 4 aromatic rings. The van der Waals surface area contributed by atoms with E-state index in [4.69, 9.17) is 16.3 Å². The lowest BCUT2D eigenvalue weighted by molar-refractivity contribution is -0.137. The summed E-state index contributed by atoms with van der Waals surface area (Å²) in [5.41, 5.74) is 0.148. The standard InChI is InChI=1S/C17H10ClF3N6O/c1-9-5-13(26-27-15(9)24-25-16(27)18)28-12-4-2-3-11(17(19,20)21)14(12)10-6-22-8-23-7-10/h2-8H,1H3. The summed E-state index contributed by atoms with van der Waals surface area (Å²) in [5.74, 6) is -0.0239. The monoisotopic (exact) mass is 406 g/mol. The Labute approximate surface area is 160 Å². The zero-order chi connectivity index (χ0) is 19.9. The van der Waals surface area contributed by atoms with Crippen molar-refractivity contribution >= 4 is 17.2 Å². The fourth-order valence-corrected chi connectivity index (χ4v) is 2.87. The van der Waals surface area contributed by atoms with Crippen LogP contribution in [-0.2, 0) is 6.18 Å². The van der Waals surface area contributed by atoms with Gasteiger partial charge in [-0.1, -0.05) is 6.07 Å². The van der Waals surface area contributed by atoms with Crippen LogP contribution in [-0.4, -0.2) is 29.8 Å². The molecule has 0 spiro atoms. The van der Waals surface area contributed by atoms with Crippen LogP contribution in [0.1, 0.15) is 11.1 Å². The number of nitrogens with zero attached hydrogens (tertiary/aromatic N) is 6. The molecule has 0 saturated carbocycles. The predicted molar refractivity (Wildman–Crippen MR) is 93.1 cm³/mol. The van der Waals surface area contributed by atoms with Crippen molar-refractivity contribution in [3.63, 3.8) is 0 Å². The fraction of sp³-hybridized carbons (Fsp3) is 0.118. The van der Waals surface area contributed by atoms with E-state index >= 15 is 0 Å². The highest BCUT2D eigenvalue weighted by Crippen LogP contribution is 2.42. The van der Waals surface area contributed by atoms with Gasteiger partial charge in [-0.15, -0.1) is 15.3 Å². The molecule has 0 amide bonds. The molecule has 7 nitrogen and oxygen atoms in total. The van der Waals surface area contributed by atoms with Crippen LogP contribution in [0.5, 0.6) is 11.6 Å². The third-order valence-corrected chi connectivity index (χ3v) is 4.12. The van der Waals surface area contributed by atoms with E-state index in [1.54, 1.807) is 6.92 Å². The molecule has 0 unspecified atom stereocenters. The number of rotatable bonds is 3. The smallest absolute Gasteiger partial charge is 0.417 e. The van der Waals surface area contributed by atoms with Gasteiger partial charge in [-0.05, 0) is 30.7 Å². The molecular weight excluding hydrogens is 397 g/mol. The maximum atomic E-state index is 13.6. The van der Waals surface area contributed by atoms with Gasteiger partial charge in [0.2, 0.25) is 11.2 Å².